The molecule has 0 aliphatic carbocycles. The van der Waals surface area contributed by atoms with Crippen LogP contribution in [0.1, 0.15) is 38.8 Å². The van der Waals surface area contributed by atoms with E-state index in [1.165, 1.54) is 0 Å². The lowest BCUT2D eigenvalue weighted by Crippen LogP contribution is -2.13. The number of nitrogens with two attached hydrogens (primary N) is 1. The SMILES string of the molecule is COc1cc([C@@H](C)N)ccc1OCCC(C)(C)C#N. The predicted octanol–water partition coefficient (Wildman–Crippen LogP) is 3.03. The smallest absolute Gasteiger partial charge is 0.161 e. The maximum atomic E-state index is 8.95. The summed E-state index contributed by atoms with van der Waals surface area (Å²) < 4.78 is 11.0. The highest BCUT2D eigenvalue weighted by molar-refractivity contribution is 5.43. The Bertz CT molecular complexity index is 462. The summed E-state index contributed by atoms with van der Waals surface area (Å²) in [4.78, 5) is 0. The van der Waals surface area contributed by atoms with Crippen LogP contribution in [-0.4, -0.2) is 13.7 Å². The Labute approximate surface area is 115 Å². The summed E-state index contributed by atoms with van der Waals surface area (Å²) >= 11 is 0. The van der Waals surface area contributed by atoms with Gasteiger partial charge in [0.25, 0.3) is 0 Å². The molecule has 0 saturated carbocycles. The quantitative estimate of drug-likeness (QED) is 0.855. The van der Waals surface area contributed by atoms with Gasteiger partial charge in [0.15, 0.2) is 11.5 Å². The number of rotatable bonds is 6. The van der Waals surface area contributed by atoms with Crippen LogP contribution in [0.2, 0.25) is 0 Å². The number of nitrogens with zero attached hydrogens (tertiary/aromatic N) is 1. The molecule has 19 heavy (non-hydrogen) atoms. The lowest BCUT2D eigenvalue weighted by molar-refractivity contribution is 0.252. The molecule has 0 aliphatic rings. The molecule has 0 radical (unpaired) electrons. The number of hydrogen-bond acceptors (Lipinski definition) is 4. The number of methoxy groups -OCH3 is 1. The van der Waals surface area contributed by atoms with Crippen molar-refractivity contribution >= 4 is 0 Å². The van der Waals surface area contributed by atoms with Gasteiger partial charge < -0.3 is 15.2 Å². The molecule has 0 unspecified atom stereocenters. The molecule has 0 fully saturated rings. The van der Waals surface area contributed by atoms with Gasteiger partial charge in [0.2, 0.25) is 0 Å². The molecule has 4 heteroatoms. The highest BCUT2D eigenvalue weighted by Crippen LogP contribution is 2.30. The van der Waals surface area contributed by atoms with E-state index in [1.54, 1.807) is 7.11 Å². The van der Waals surface area contributed by atoms with Gasteiger partial charge in [-0.3, -0.25) is 0 Å². The number of benzene rings is 1. The van der Waals surface area contributed by atoms with E-state index in [1.807, 2.05) is 39.0 Å². The second-order valence-electron chi connectivity index (χ2n) is 5.29. The van der Waals surface area contributed by atoms with Crippen molar-refractivity contribution in [2.45, 2.75) is 33.2 Å². The van der Waals surface area contributed by atoms with Crippen LogP contribution in [0.5, 0.6) is 11.5 Å². The largest absolute Gasteiger partial charge is 0.493 e. The number of ether oxygens (including phenoxy) is 2. The normalized spacial score (nSPS) is 12.6. The van der Waals surface area contributed by atoms with Crippen molar-refractivity contribution in [1.82, 2.24) is 0 Å². The summed E-state index contributed by atoms with van der Waals surface area (Å²) in [6.45, 7) is 6.19. The zero-order valence-electron chi connectivity index (χ0n) is 12.1. The molecular weight excluding hydrogens is 240 g/mol. The monoisotopic (exact) mass is 262 g/mol. The Morgan fingerprint density at radius 1 is 1.37 bits per heavy atom. The first-order valence-corrected chi connectivity index (χ1v) is 6.37. The van der Waals surface area contributed by atoms with E-state index in [2.05, 4.69) is 6.07 Å². The first-order chi connectivity index (χ1) is 8.89. The van der Waals surface area contributed by atoms with Crippen molar-refractivity contribution in [1.29, 1.82) is 5.26 Å². The highest BCUT2D eigenvalue weighted by Gasteiger charge is 2.17. The number of nitriles is 1. The van der Waals surface area contributed by atoms with E-state index in [4.69, 9.17) is 20.5 Å². The zero-order valence-corrected chi connectivity index (χ0v) is 12.1. The highest BCUT2D eigenvalue weighted by atomic mass is 16.5. The Hall–Kier alpha value is -1.73. The first-order valence-electron chi connectivity index (χ1n) is 6.37. The molecule has 1 atom stereocenters. The first kappa shape index (κ1) is 15.3. The van der Waals surface area contributed by atoms with Crippen molar-refractivity contribution in [3.63, 3.8) is 0 Å². The maximum Gasteiger partial charge on any atom is 0.161 e. The van der Waals surface area contributed by atoms with Crippen LogP contribution in [-0.2, 0) is 0 Å². The fourth-order valence-electron chi connectivity index (χ4n) is 1.56. The van der Waals surface area contributed by atoms with Crippen LogP contribution >= 0.6 is 0 Å². The van der Waals surface area contributed by atoms with E-state index in [0.717, 1.165) is 5.56 Å². The molecule has 2 N–H and O–H groups in total. The molecule has 0 amide bonds. The fraction of sp³-hybridized carbons (Fsp3) is 0.533. The van der Waals surface area contributed by atoms with E-state index < -0.39 is 0 Å². The topological polar surface area (TPSA) is 68.3 Å². The lowest BCUT2D eigenvalue weighted by Gasteiger charge is -2.17. The molecule has 0 aromatic heterocycles. The Kier molecular flexibility index (Phi) is 5.20. The van der Waals surface area contributed by atoms with Crippen molar-refractivity contribution in [2.24, 2.45) is 11.1 Å². The minimum atomic E-state index is -0.376. The van der Waals surface area contributed by atoms with Crippen LogP contribution < -0.4 is 15.2 Å². The van der Waals surface area contributed by atoms with Crippen molar-refractivity contribution in [3.05, 3.63) is 23.8 Å². The van der Waals surface area contributed by atoms with Crippen molar-refractivity contribution < 1.29 is 9.47 Å². The third kappa shape index (κ3) is 4.46. The van der Waals surface area contributed by atoms with Gasteiger partial charge in [-0.2, -0.15) is 5.26 Å². The van der Waals surface area contributed by atoms with Gasteiger partial charge >= 0.3 is 0 Å². The molecule has 0 heterocycles. The molecule has 0 aliphatic heterocycles. The van der Waals surface area contributed by atoms with Gasteiger partial charge in [0.1, 0.15) is 0 Å². The van der Waals surface area contributed by atoms with Crippen LogP contribution in [0.3, 0.4) is 0 Å². The molecule has 104 valence electrons. The lowest BCUT2D eigenvalue weighted by atomic mass is 9.92. The molecule has 4 nitrogen and oxygen atoms in total. The van der Waals surface area contributed by atoms with Gasteiger partial charge in [-0.15, -0.1) is 0 Å². The predicted molar refractivity (Wildman–Crippen MR) is 75.1 cm³/mol. The minimum absolute atomic E-state index is 0.0412. The molecular formula is C15H22N2O2. The van der Waals surface area contributed by atoms with Gasteiger partial charge in [-0.25, -0.2) is 0 Å². The second kappa shape index (κ2) is 6.44. The van der Waals surface area contributed by atoms with Gasteiger partial charge in [0.05, 0.1) is 25.2 Å². The van der Waals surface area contributed by atoms with Crippen LogP contribution in [0, 0.1) is 16.7 Å². The zero-order chi connectivity index (χ0) is 14.5. The summed E-state index contributed by atoms with van der Waals surface area (Å²) in [6, 6.07) is 7.88. The summed E-state index contributed by atoms with van der Waals surface area (Å²) in [5.74, 6) is 1.35. The summed E-state index contributed by atoms with van der Waals surface area (Å²) in [5, 5.41) is 8.95. The molecule has 1 aromatic carbocycles. The fourth-order valence-corrected chi connectivity index (χ4v) is 1.56. The molecule has 0 saturated heterocycles. The van der Waals surface area contributed by atoms with Gasteiger partial charge in [0, 0.05) is 6.04 Å². The van der Waals surface area contributed by atoms with Crippen LogP contribution in [0.4, 0.5) is 0 Å². The standard InChI is InChI=1S/C15H22N2O2/c1-11(17)12-5-6-13(14(9-12)18-4)19-8-7-15(2,3)10-16/h5-6,9,11H,7-8,17H2,1-4H3/t11-/m1/s1. The van der Waals surface area contributed by atoms with E-state index >= 15 is 0 Å². The van der Waals surface area contributed by atoms with Gasteiger partial charge in [-0.1, -0.05) is 6.07 Å². The molecule has 1 aromatic rings. The average molecular weight is 262 g/mol. The molecule has 0 bridgehead atoms. The Balaban J connectivity index is 2.71. The van der Waals surface area contributed by atoms with Crippen molar-refractivity contribution in [2.75, 3.05) is 13.7 Å². The summed E-state index contributed by atoms with van der Waals surface area (Å²) in [6.07, 6.45) is 0.668. The van der Waals surface area contributed by atoms with Crippen LogP contribution in [0.15, 0.2) is 18.2 Å². The summed E-state index contributed by atoms with van der Waals surface area (Å²) in [7, 11) is 1.60. The third-order valence-electron chi connectivity index (χ3n) is 3.00. The Morgan fingerprint density at radius 2 is 2.05 bits per heavy atom. The van der Waals surface area contributed by atoms with Crippen LogP contribution in [0.25, 0.3) is 0 Å². The second-order valence-corrected chi connectivity index (χ2v) is 5.29. The third-order valence-corrected chi connectivity index (χ3v) is 3.00. The van der Waals surface area contributed by atoms with E-state index in [-0.39, 0.29) is 11.5 Å². The molecule has 1 rings (SSSR count). The van der Waals surface area contributed by atoms with Crippen molar-refractivity contribution in [3.8, 4) is 17.6 Å². The number of hydrogen-bond donors (Lipinski definition) is 1. The maximum absolute atomic E-state index is 8.95. The van der Waals surface area contributed by atoms with Gasteiger partial charge in [-0.05, 0) is 44.9 Å². The molecule has 0 spiro atoms. The van der Waals surface area contributed by atoms with E-state index in [9.17, 15) is 0 Å². The summed E-state index contributed by atoms with van der Waals surface area (Å²) in [5.41, 5.74) is 6.46. The Morgan fingerprint density at radius 3 is 2.58 bits per heavy atom. The minimum Gasteiger partial charge on any atom is -0.493 e. The average Bonchev–Trinajstić information content (AvgIpc) is 2.38. The van der Waals surface area contributed by atoms with E-state index in [0.29, 0.717) is 24.5 Å².